The van der Waals surface area contributed by atoms with Crippen molar-refractivity contribution < 1.29 is 9.90 Å². The third kappa shape index (κ3) is 1.56. The van der Waals surface area contributed by atoms with Gasteiger partial charge in [-0.15, -0.1) is 5.10 Å². The maximum Gasteiger partial charge on any atom is 0.335 e. The highest BCUT2D eigenvalue weighted by Crippen LogP contribution is 2.23. The number of aryl methyl sites for hydroxylation is 1. The van der Waals surface area contributed by atoms with Crippen LogP contribution in [0.3, 0.4) is 0 Å². The first-order valence-corrected chi connectivity index (χ1v) is 5.97. The third-order valence-corrected chi connectivity index (χ3v) is 3.22. The summed E-state index contributed by atoms with van der Waals surface area (Å²) in [4.78, 5) is 15.3. The van der Waals surface area contributed by atoms with Crippen LogP contribution in [-0.2, 0) is 7.05 Å². The van der Waals surface area contributed by atoms with E-state index >= 15 is 0 Å². The van der Waals surface area contributed by atoms with Crippen LogP contribution in [0.25, 0.3) is 22.6 Å². The Balaban J connectivity index is 2.25. The van der Waals surface area contributed by atoms with Crippen LogP contribution in [-0.4, -0.2) is 30.2 Å². The van der Waals surface area contributed by atoms with Crippen LogP contribution < -0.4 is 0 Å². The highest BCUT2D eigenvalue weighted by atomic mass is 32.1. The van der Waals surface area contributed by atoms with Crippen LogP contribution >= 0.6 is 11.5 Å². The molecule has 0 aliphatic rings. The minimum atomic E-state index is -0.959. The standard InChI is InChI=1S/C11H8N4O2S/c1-15-9-3-2-6(11(16)17)4-7(9)12-10(15)8-5-18-14-13-8/h2-5H,1H3,(H,16,17). The number of rotatable bonds is 2. The second-order valence-electron chi connectivity index (χ2n) is 3.79. The van der Waals surface area contributed by atoms with Crippen molar-refractivity contribution in [2.24, 2.45) is 7.05 Å². The van der Waals surface area contributed by atoms with E-state index in [4.69, 9.17) is 5.11 Å². The van der Waals surface area contributed by atoms with Crippen molar-refractivity contribution in [3.8, 4) is 11.5 Å². The van der Waals surface area contributed by atoms with Gasteiger partial charge in [-0.05, 0) is 29.7 Å². The zero-order valence-electron chi connectivity index (χ0n) is 9.36. The number of carboxylic acids is 1. The predicted molar refractivity (Wildman–Crippen MR) is 66.6 cm³/mol. The van der Waals surface area contributed by atoms with Gasteiger partial charge in [0, 0.05) is 12.4 Å². The van der Waals surface area contributed by atoms with Gasteiger partial charge in [0.05, 0.1) is 16.6 Å². The summed E-state index contributed by atoms with van der Waals surface area (Å²) in [6.45, 7) is 0. The molecule has 0 aliphatic heterocycles. The van der Waals surface area contributed by atoms with Gasteiger partial charge in [-0.1, -0.05) is 4.49 Å². The van der Waals surface area contributed by atoms with E-state index < -0.39 is 5.97 Å². The van der Waals surface area contributed by atoms with Gasteiger partial charge in [-0.25, -0.2) is 9.78 Å². The third-order valence-electron chi connectivity index (χ3n) is 2.72. The molecule has 0 fully saturated rings. The number of hydrogen-bond donors (Lipinski definition) is 1. The largest absolute Gasteiger partial charge is 0.478 e. The first kappa shape index (κ1) is 10.8. The van der Waals surface area contributed by atoms with Gasteiger partial charge >= 0.3 is 5.97 Å². The number of nitrogens with zero attached hydrogens (tertiary/aromatic N) is 4. The number of benzene rings is 1. The Morgan fingerprint density at radius 3 is 2.94 bits per heavy atom. The van der Waals surface area contributed by atoms with Crippen LogP contribution in [0.1, 0.15) is 10.4 Å². The lowest BCUT2D eigenvalue weighted by atomic mass is 10.2. The van der Waals surface area contributed by atoms with E-state index in [2.05, 4.69) is 14.6 Å². The predicted octanol–water partition coefficient (Wildman–Crippen LogP) is 1.79. The zero-order valence-corrected chi connectivity index (χ0v) is 10.2. The number of carbonyl (C=O) groups is 1. The van der Waals surface area contributed by atoms with Crippen LogP contribution in [0, 0.1) is 0 Å². The molecule has 6 nitrogen and oxygen atoms in total. The number of aromatic carboxylic acids is 1. The number of hydrogen-bond acceptors (Lipinski definition) is 5. The van der Waals surface area contributed by atoms with Crippen molar-refractivity contribution in [2.45, 2.75) is 0 Å². The Kier molecular flexibility index (Phi) is 2.34. The molecule has 3 aromatic rings. The van der Waals surface area contributed by atoms with Crippen LogP contribution in [0.2, 0.25) is 0 Å². The van der Waals surface area contributed by atoms with Gasteiger partial charge in [-0.3, -0.25) is 0 Å². The molecule has 90 valence electrons. The van der Waals surface area contributed by atoms with Gasteiger partial charge in [0.25, 0.3) is 0 Å². The maximum absolute atomic E-state index is 10.9. The van der Waals surface area contributed by atoms with E-state index in [-0.39, 0.29) is 5.56 Å². The minimum absolute atomic E-state index is 0.226. The monoisotopic (exact) mass is 260 g/mol. The molecule has 0 unspecified atom stereocenters. The van der Waals surface area contributed by atoms with E-state index in [1.165, 1.54) is 11.5 Å². The number of imidazole rings is 1. The fourth-order valence-corrected chi connectivity index (χ4v) is 2.26. The quantitative estimate of drug-likeness (QED) is 0.759. The SMILES string of the molecule is Cn1c(-c2csnn2)nc2cc(C(=O)O)ccc21. The molecule has 0 radical (unpaired) electrons. The molecule has 0 spiro atoms. The van der Waals surface area contributed by atoms with Gasteiger partial charge < -0.3 is 9.67 Å². The zero-order chi connectivity index (χ0) is 12.7. The summed E-state index contributed by atoms with van der Waals surface area (Å²) in [5, 5.41) is 14.7. The molecule has 3 rings (SSSR count). The number of carboxylic acid groups (broad SMARTS) is 1. The molecule has 0 bridgehead atoms. The molecule has 0 amide bonds. The first-order chi connectivity index (χ1) is 8.66. The minimum Gasteiger partial charge on any atom is -0.478 e. The Hall–Kier alpha value is -2.28. The highest BCUT2D eigenvalue weighted by molar-refractivity contribution is 7.03. The number of aromatic nitrogens is 4. The normalized spacial score (nSPS) is 10.9. The summed E-state index contributed by atoms with van der Waals surface area (Å²) in [7, 11) is 1.87. The van der Waals surface area contributed by atoms with Gasteiger partial charge in [0.2, 0.25) is 0 Å². The van der Waals surface area contributed by atoms with E-state index in [1.807, 2.05) is 11.6 Å². The maximum atomic E-state index is 10.9. The van der Waals surface area contributed by atoms with E-state index in [0.717, 1.165) is 5.52 Å². The van der Waals surface area contributed by atoms with Gasteiger partial charge in [0.1, 0.15) is 5.69 Å². The van der Waals surface area contributed by atoms with Crippen LogP contribution in [0.15, 0.2) is 23.6 Å². The summed E-state index contributed by atoms with van der Waals surface area (Å²) in [6.07, 6.45) is 0. The van der Waals surface area contributed by atoms with E-state index in [0.29, 0.717) is 17.0 Å². The molecule has 2 heterocycles. The molecule has 2 aromatic heterocycles. The smallest absolute Gasteiger partial charge is 0.335 e. The summed E-state index contributed by atoms with van der Waals surface area (Å²) >= 11 is 1.25. The molecule has 0 saturated heterocycles. The molecule has 0 atom stereocenters. The fourth-order valence-electron chi connectivity index (χ4n) is 1.82. The van der Waals surface area contributed by atoms with Crippen molar-refractivity contribution in [2.75, 3.05) is 0 Å². The van der Waals surface area contributed by atoms with E-state index in [1.54, 1.807) is 23.6 Å². The summed E-state index contributed by atoms with van der Waals surface area (Å²) in [6, 6.07) is 4.87. The molecule has 7 heteroatoms. The lowest BCUT2D eigenvalue weighted by molar-refractivity contribution is 0.0697. The highest BCUT2D eigenvalue weighted by Gasteiger charge is 2.13. The molecule has 18 heavy (non-hydrogen) atoms. The second kappa shape index (κ2) is 3.88. The number of fused-ring (bicyclic) bond motifs is 1. The Morgan fingerprint density at radius 2 is 2.28 bits per heavy atom. The average molecular weight is 260 g/mol. The van der Waals surface area contributed by atoms with Crippen molar-refractivity contribution in [1.82, 2.24) is 19.1 Å². The molecular weight excluding hydrogens is 252 g/mol. The second-order valence-corrected chi connectivity index (χ2v) is 4.40. The summed E-state index contributed by atoms with van der Waals surface area (Å²) < 4.78 is 5.67. The van der Waals surface area contributed by atoms with Crippen molar-refractivity contribution >= 4 is 28.5 Å². The van der Waals surface area contributed by atoms with Crippen molar-refractivity contribution in [1.29, 1.82) is 0 Å². The Labute approximate surface area is 106 Å². The summed E-state index contributed by atoms with van der Waals surface area (Å²) in [5.74, 6) is -0.277. The molecule has 0 saturated carbocycles. The first-order valence-electron chi connectivity index (χ1n) is 5.14. The van der Waals surface area contributed by atoms with Crippen molar-refractivity contribution in [3.05, 3.63) is 29.1 Å². The molecule has 0 aliphatic carbocycles. The fraction of sp³-hybridized carbons (Fsp3) is 0.0909. The molecular formula is C11H8N4O2S. The lowest BCUT2D eigenvalue weighted by Gasteiger charge is -1.98. The van der Waals surface area contributed by atoms with Gasteiger partial charge in [0.15, 0.2) is 5.82 Å². The average Bonchev–Trinajstić information content (AvgIpc) is 2.97. The van der Waals surface area contributed by atoms with E-state index in [9.17, 15) is 4.79 Å². The van der Waals surface area contributed by atoms with Crippen LogP contribution in [0.4, 0.5) is 0 Å². The van der Waals surface area contributed by atoms with Crippen LogP contribution in [0.5, 0.6) is 0 Å². The Bertz CT molecular complexity index is 733. The topological polar surface area (TPSA) is 80.9 Å². The molecule has 1 N–H and O–H groups in total. The molecule has 1 aromatic carbocycles. The summed E-state index contributed by atoms with van der Waals surface area (Å²) in [5.41, 5.74) is 2.42. The Morgan fingerprint density at radius 1 is 1.44 bits per heavy atom. The van der Waals surface area contributed by atoms with Crippen molar-refractivity contribution in [3.63, 3.8) is 0 Å². The lowest BCUT2D eigenvalue weighted by Crippen LogP contribution is -1.95. The van der Waals surface area contributed by atoms with Gasteiger partial charge in [-0.2, -0.15) is 0 Å².